The molecule has 126 valence electrons. The van der Waals surface area contributed by atoms with Crippen LogP contribution in [0.1, 0.15) is 64.4 Å². The van der Waals surface area contributed by atoms with E-state index in [0.717, 1.165) is 31.3 Å². The van der Waals surface area contributed by atoms with Gasteiger partial charge in [0.2, 0.25) is 0 Å². The van der Waals surface area contributed by atoms with E-state index >= 15 is 0 Å². The van der Waals surface area contributed by atoms with E-state index in [1.807, 2.05) is 6.07 Å². The highest BCUT2D eigenvalue weighted by atomic mass is 16.1. The first kappa shape index (κ1) is 16.7. The van der Waals surface area contributed by atoms with Gasteiger partial charge in [-0.3, -0.25) is 4.79 Å². The van der Waals surface area contributed by atoms with Crippen LogP contribution < -0.4 is 0 Å². The third-order valence-electron chi connectivity index (χ3n) is 6.45. The quantitative estimate of drug-likeness (QED) is 0.766. The lowest BCUT2D eigenvalue weighted by Gasteiger charge is -2.38. The smallest absolute Gasteiger partial charge is 0.143 e. The van der Waals surface area contributed by atoms with Crippen molar-refractivity contribution in [1.82, 2.24) is 4.90 Å². The molecule has 2 nitrogen and oxygen atoms in total. The number of Topliss-reactive ketones (excluding diaryl/α,β-unsaturated/α-hetero) is 1. The summed E-state index contributed by atoms with van der Waals surface area (Å²) in [6.45, 7) is 4.35. The van der Waals surface area contributed by atoms with Gasteiger partial charge in [-0.05, 0) is 57.6 Å². The maximum atomic E-state index is 13.2. The maximum Gasteiger partial charge on any atom is 0.143 e. The van der Waals surface area contributed by atoms with Crippen molar-refractivity contribution in [3.63, 3.8) is 0 Å². The normalized spacial score (nSPS) is 30.1. The van der Waals surface area contributed by atoms with Crippen LogP contribution in [0.4, 0.5) is 0 Å². The van der Waals surface area contributed by atoms with Gasteiger partial charge in [-0.15, -0.1) is 0 Å². The summed E-state index contributed by atoms with van der Waals surface area (Å²) in [6.07, 6.45) is 7.87. The van der Waals surface area contributed by atoms with Crippen molar-refractivity contribution >= 4 is 5.78 Å². The van der Waals surface area contributed by atoms with E-state index in [1.54, 1.807) is 0 Å². The Morgan fingerprint density at radius 2 is 1.78 bits per heavy atom. The van der Waals surface area contributed by atoms with Crippen molar-refractivity contribution in [3.05, 3.63) is 35.9 Å². The Bertz CT molecular complexity index is 526. The van der Waals surface area contributed by atoms with Gasteiger partial charge < -0.3 is 4.90 Å². The summed E-state index contributed by atoms with van der Waals surface area (Å²) in [4.78, 5) is 15.8. The third-order valence-corrected chi connectivity index (χ3v) is 6.45. The summed E-state index contributed by atoms with van der Waals surface area (Å²) in [6, 6.07) is 11.9. The number of hydrogen-bond donors (Lipinski definition) is 0. The SMILES string of the molecule is CCCC(C)(C(=O)CC1CC2CCC(C1)N2C)c1ccccc1. The molecule has 2 fully saturated rings. The number of ketones is 1. The number of benzene rings is 1. The third kappa shape index (κ3) is 3.24. The Hall–Kier alpha value is -1.15. The van der Waals surface area contributed by atoms with E-state index in [9.17, 15) is 4.79 Å². The zero-order chi connectivity index (χ0) is 16.4. The van der Waals surface area contributed by atoms with Crippen LogP contribution in [0.5, 0.6) is 0 Å². The number of rotatable bonds is 6. The lowest BCUT2D eigenvalue weighted by Crippen LogP contribution is -2.42. The van der Waals surface area contributed by atoms with Crippen LogP contribution in [0.2, 0.25) is 0 Å². The highest BCUT2D eigenvalue weighted by Gasteiger charge is 2.41. The first-order valence-corrected chi connectivity index (χ1v) is 9.35. The van der Waals surface area contributed by atoms with Crippen molar-refractivity contribution in [2.24, 2.45) is 5.92 Å². The highest BCUT2D eigenvalue weighted by molar-refractivity contribution is 5.89. The van der Waals surface area contributed by atoms with Crippen LogP contribution in [0, 0.1) is 5.92 Å². The van der Waals surface area contributed by atoms with Crippen molar-refractivity contribution in [2.45, 2.75) is 76.3 Å². The van der Waals surface area contributed by atoms with E-state index < -0.39 is 0 Å². The van der Waals surface area contributed by atoms with Gasteiger partial charge in [0.15, 0.2) is 0 Å². The van der Waals surface area contributed by atoms with Gasteiger partial charge in [0.25, 0.3) is 0 Å². The van der Waals surface area contributed by atoms with Crippen molar-refractivity contribution in [3.8, 4) is 0 Å². The summed E-state index contributed by atoms with van der Waals surface area (Å²) in [5.74, 6) is 1.05. The predicted octanol–water partition coefficient (Wildman–Crippen LogP) is 4.58. The fourth-order valence-corrected chi connectivity index (χ4v) is 4.93. The van der Waals surface area contributed by atoms with E-state index in [1.165, 1.54) is 31.2 Å². The molecule has 3 unspecified atom stereocenters. The summed E-state index contributed by atoms with van der Waals surface area (Å²) in [5, 5.41) is 0. The molecule has 2 bridgehead atoms. The molecule has 3 rings (SSSR count). The molecule has 0 saturated carbocycles. The topological polar surface area (TPSA) is 20.3 Å². The first-order valence-electron chi connectivity index (χ1n) is 9.35. The number of fused-ring (bicyclic) bond motifs is 2. The van der Waals surface area contributed by atoms with Crippen LogP contribution in [-0.2, 0) is 10.2 Å². The van der Waals surface area contributed by atoms with Crippen LogP contribution in [0.3, 0.4) is 0 Å². The lowest BCUT2D eigenvalue weighted by atomic mass is 9.71. The summed E-state index contributed by atoms with van der Waals surface area (Å²) in [5.41, 5.74) is 0.890. The standard InChI is InChI=1S/C21H31NO/c1-4-12-21(2,17-8-6-5-7-9-17)20(23)15-16-13-18-10-11-19(14-16)22(18)3/h5-9,16,18-19H,4,10-15H2,1-3H3. The van der Waals surface area contributed by atoms with Gasteiger partial charge >= 0.3 is 0 Å². The minimum absolute atomic E-state index is 0.307. The highest BCUT2D eigenvalue weighted by Crippen LogP contribution is 2.41. The molecule has 0 amide bonds. The summed E-state index contributed by atoms with van der Waals surface area (Å²) >= 11 is 0. The van der Waals surface area contributed by atoms with Crippen molar-refractivity contribution in [2.75, 3.05) is 7.05 Å². The van der Waals surface area contributed by atoms with E-state index in [0.29, 0.717) is 11.7 Å². The molecule has 0 radical (unpaired) electrons. The second-order valence-electron chi connectivity index (χ2n) is 7.96. The molecule has 0 N–H and O–H groups in total. The average Bonchev–Trinajstić information content (AvgIpc) is 2.76. The molecule has 3 atom stereocenters. The number of carbonyl (C=O) groups is 1. The molecule has 0 spiro atoms. The van der Waals surface area contributed by atoms with Gasteiger partial charge in [-0.25, -0.2) is 0 Å². The molecule has 1 aromatic carbocycles. The van der Waals surface area contributed by atoms with Crippen molar-refractivity contribution < 1.29 is 4.79 Å². The van der Waals surface area contributed by atoms with Crippen LogP contribution in [0.25, 0.3) is 0 Å². The summed E-state index contributed by atoms with van der Waals surface area (Å²) in [7, 11) is 2.27. The van der Waals surface area contributed by atoms with Crippen LogP contribution in [0.15, 0.2) is 30.3 Å². The number of carbonyl (C=O) groups excluding carboxylic acids is 1. The van der Waals surface area contributed by atoms with Gasteiger partial charge in [0.05, 0.1) is 5.41 Å². The fourth-order valence-electron chi connectivity index (χ4n) is 4.93. The zero-order valence-corrected chi connectivity index (χ0v) is 14.9. The fraction of sp³-hybridized carbons (Fsp3) is 0.667. The Morgan fingerprint density at radius 1 is 1.17 bits per heavy atom. The molecule has 2 aliphatic heterocycles. The first-order chi connectivity index (χ1) is 11.0. The van der Waals surface area contributed by atoms with Crippen molar-refractivity contribution in [1.29, 1.82) is 0 Å². The molecule has 23 heavy (non-hydrogen) atoms. The van der Waals surface area contributed by atoms with Gasteiger partial charge in [-0.2, -0.15) is 0 Å². The van der Waals surface area contributed by atoms with E-state index in [2.05, 4.69) is 50.1 Å². The molecule has 2 heteroatoms. The Labute approximate surface area is 141 Å². The van der Waals surface area contributed by atoms with Gasteiger partial charge in [-0.1, -0.05) is 43.7 Å². The molecule has 1 aromatic rings. The van der Waals surface area contributed by atoms with Gasteiger partial charge in [0.1, 0.15) is 5.78 Å². The average molecular weight is 313 g/mol. The molecule has 0 aromatic heterocycles. The minimum atomic E-state index is -0.307. The molecule has 2 aliphatic rings. The van der Waals surface area contributed by atoms with Gasteiger partial charge in [0, 0.05) is 18.5 Å². The maximum absolute atomic E-state index is 13.2. The molecular formula is C21H31NO. The molecule has 2 saturated heterocycles. The molecular weight excluding hydrogens is 282 g/mol. The Kier molecular flexibility index (Phi) is 4.91. The summed E-state index contributed by atoms with van der Waals surface area (Å²) < 4.78 is 0. The largest absolute Gasteiger partial charge is 0.300 e. The number of hydrogen-bond acceptors (Lipinski definition) is 2. The van der Waals surface area contributed by atoms with E-state index in [-0.39, 0.29) is 5.41 Å². The second kappa shape index (κ2) is 6.76. The second-order valence-corrected chi connectivity index (χ2v) is 7.96. The monoisotopic (exact) mass is 313 g/mol. The molecule has 2 heterocycles. The number of piperidine rings is 1. The lowest BCUT2D eigenvalue weighted by molar-refractivity contribution is -0.125. The van der Waals surface area contributed by atoms with Crippen LogP contribution >= 0.6 is 0 Å². The van der Waals surface area contributed by atoms with E-state index in [4.69, 9.17) is 0 Å². The number of nitrogens with zero attached hydrogens (tertiary/aromatic N) is 1. The Balaban J connectivity index is 1.72. The minimum Gasteiger partial charge on any atom is -0.300 e. The van der Waals surface area contributed by atoms with Crippen LogP contribution in [-0.4, -0.2) is 29.8 Å². The zero-order valence-electron chi connectivity index (χ0n) is 14.9. The predicted molar refractivity (Wildman–Crippen MR) is 95.6 cm³/mol. The molecule has 0 aliphatic carbocycles. The Morgan fingerprint density at radius 3 is 2.35 bits per heavy atom.